The second-order valence-electron chi connectivity index (χ2n) is 6.10. The molecule has 3 rings (SSSR count). The third-order valence-electron chi connectivity index (χ3n) is 4.19. The van der Waals surface area contributed by atoms with Gasteiger partial charge in [-0.05, 0) is 49.6 Å². The van der Waals surface area contributed by atoms with Crippen LogP contribution in [0.3, 0.4) is 0 Å². The molecular weight excluding hydrogens is 367 g/mol. The van der Waals surface area contributed by atoms with Crippen LogP contribution in [-0.2, 0) is 6.18 Å². The van der Waals surface area contributed by atoms with Crippen LogP contribution >= 0.6 is 11.6 Å². The molecule has 1 N–H and O–H groups in total. The molecule has 1 aromatic carbocycles. The first-order valence-electron chi connectivity index (χ1n) is 8.24. The first-order valence-corrected chi connectivity index (χ1v) is 8.61. The van der Waals surface area contributed by atoms with E-state index in [1.54, 1.807) is 17.0 Å². The summed E-state index contributed by atoms with van der Waals surface area (Å²) in [5.74, 6) is 0.200. The van der Waals surface area contributed by atoms with Crippen molar-refractivity contribution in [2.45, 2.75) is 25.4 Å². The minimum atomic E-state index is -4.55. The van der Waals surface area contributed by atoms with Gasteiger partial charge >= 0.3 is 6.18 Å². The molecule has 0 spiro atoms. The van der Waals surface area contributed by atoms with Gasteiger partial charge in [0.25, 0.3) is 5.91 Å². The first-order chi connectivity index (χ1) is 12.3. The Morgan fingerprint density at radius 3 is 2.54 bits per heavy atom. The zero-order valence-corrected chi connectivity index (χ0v) is 14.6. The van der Waals surface area contributed by atoms with Gasteiger partial charge in [0.15, 0.2) is 0 Å². The number of nitrogens with zero attached hydrogens (tertiary/aromatic N) is 2. The third kappa shape index (κ3) is 4.27. The molecule has 0 unspecified atom stereocenters. The predicted molar refractivity (Wildman–Crippen MR) is 93.7 cm³/mol. The molecule has 138 valence electrons. The van der Waals surface area contributed by atoms with Gasteiger partial charge in [0.1, 0.15) is 5.82 Å². The minimum Gasteiger partial charge on any atom is -0.340 e. The van der Waals surface area contributed by atoms with Gasteiger partial charge in [-0.2, -0.15) is 13.2 Å². The second kappa shape index (κ2) is 7.53. The summed E-state index contributed by atoms with van der Waals surface area (Å²) in [6, 6.07) is 6.67. The lowest BCUT2D eigenvalue weighted by atomic mass is 10.1. The van der Waals surface area contributed by atoms with E-state index < -0.39 is 11.7 Å². The van der Waals surface area contributed by atoms with Crippen molar-refractivity contribution in [3.63, 3.8) is 0 Å². The van der Waals surface area contributed by atoms with Gasteiger partial charge in [-0.15, -0.1) is 0 Å². The van der Waals surface area contributed by atoms with E-state index in [0.29, 0.717) is 11.4 Å². The van der Waals surface area contributed by atoms with Crippen LogP contribution in [0.25, 0.3) is 0 Å². The number of nitrogens with one attached hydrogen (secondary N) is 1. The number of likely N-dealkylation sites (tertiary alicyclic amines) is 1. The summed E-state index contributed by atoms with van der Waals surface area (Å²) in [7, 11) is 0. The van der Waals surface area contributed by atoms with Crippen molar-refractivity contribution in [2.75, 3.05) is 18.4 Å². The number of halogens is 4. The van der Waals surface area contributed by atoms with Crippen LogP contribution in [0.2, 0.25) is 5.02 Å². The highest BCUT2D eigenvalue weighted by Crippen LogP contribution is 2.36. The average Bonchev–Trinajstić information content (AvgIpc) is 2.63. The van der Waals surface area contributed by atoms with Crippen molar-refractivity contribution >= 4 is 29.0 Å². The summed E-state index contributed by atoms with van der Waals surface area (Å²) in [5.41, 5.74) is -0.282. The van der Waals surface area contributed by atoms with Gasteiger partial charge < -0.3 is 10.2 Å². The Morgan fingerprint density at radius 1 is 1.12 bits per heavy atom. The quantitative estimate of drug-likeness (QED) is 0.799. The van der Waals surface area contributed by atoms with Crippen molar-refractivity contribution < 1.29 is 18.0 Å². The lowest BCUT2D eigenvalue weighted by molar-refractivity contribution is -0.137. The molecule has 0 atom stereocenters. The molecule has 0 saturated carbocycles. The smallest absolute Gasteiger partial charge is 0.340 e. The number of aromatic nitrogens is 1. The maximum Gasteiger partial charge on any atom is 0.417 e. The summed E-state index contributed by atoms with van der Waals surface area (Å²) in [6.07, 6.45) is -0.0146. The van der Waals surface area contributed by atoms with Gasteiger partial charge in [0, 0.05) is 30.5 Å². The molecule has 0 bridgehead atoms. The fourth-order valence-corrected chi connectivity index (χ4v) is 3.10. The Bertz CT molecular complexity index is 805. The molecule has 1 aliphatic heterocycles. The van der Waals surface area contributed by atoms with Crippen molar-refractivity contribution in [1.82, 2.24) is 9.88 Å². The van der Waals surface area contributed by atoms with Gasteiger partial charge in [-0.25, -0.2) is 4.98 Å². The molecule has 1 aliphatic rings. The van der Waals surface area contributed by atoms with Gasteiger partial charge in [0.05, 0.1) is 10.6 Å². The number of pyridine rings is 1. The summed E-state index contributed by atoms with van der Waals surface area (Å²) >= 11 is 5.62. The van der Waals surface area contributed by atoms with Crippen LogP contribution in [0.1, 0.15) is 35.2 Å². The van der Waals surface area contributed by atoms with Gasteiger partial charge in [-0.1, -0.05) is 11.6 Å². The number of amides is 1. The topological polar surface area (TPSA) is 45.2 Å². The molecule has 4 nitrogen and oxygen atoms in total. The molecule has 2 heterocycles. The Kier molecular flexibility index (Phi) is 5.36. The molecular formula is C18H17ClF3N3O. The molecule has 0 radical (unpaired) electrons. The van der Waals surface area contributed by atoms with Gasteiger partial charge in [-0.3, -0.25) is 4.79 Å². The molecule has 1 amide bonds. The summed E-state index contributed by atoms with van der Waals surface area (Å²) in [5, 5.41) is 2.43. The lowest BCUT2D eigenvalue weighted by Crippen LogP contribution is -2.35. The maximum absolute atomic E-state index is 13.0. The largest absolute Gasteiger partial charge is 0.417 e. The number of anilines is 2. The number of piperidine rings is 1. The maximum atomic E-state index is 13.0. The monoisotopic (exact) mass is 383 g/mol. The zero-order chi connectivity index (χ0) is 18.7. The van der Waals surface area contributed by atoms with Crippen molar-refractivity contribution in [1.29, 1.82) is 0 Å². The van der Waals surface area contributed by atoms with E-state index in [4.69, 9.17) is 11.6 Å². The van der Waals surface area contributed by atoms with E-state index in [0.717, 1.165) is 38.4 Å². The SMILES string of the molecule is O=C(c1ccnc(Nc2ccc(Cl)c(C(F)(F)F)c2)c1)N1CCCCC1. The molecule has 0 aliphatic carbocycles. The minimum absolute atomic E-state index is 0.0952. The highest BCUT2D eigenvalue weighted by Gasteiger charge is 2.33. The Hall–Kier alpha value is -2.28. The molecule has 8 heteroatoms. The number of carbonyl (C=O) groups is 1. The van der Waals surface area contributed by atoms with Crippen LogP contribution in [0.4, 0.5) is 24.7 Å². The summed E-state index contributed by atoms with van der Waals surface area (Å²) in [6.45, 7) is 1.44. The lowest BCUT2D eigenvalue weighted by Gasteiger charge is -2.26. The van der Waals surface area contributed by atoms with E-state index in [1.165, 1.54) is 18.3 Å². The number of carbonyl (C=O) groups excluding carboxylic acids is 1. The molecule has 1 saturated heterocycles. The molecule has 1 fully saturated rings. The molecule has 26 heavy (non-hydrogen) atoms. The van der Waals surface area contributed by atoms with E-state index >= 15 is 0 Å². The van der Waals surface area contributed by atoms with E-state index in [-0.39, 0.29) is 16.6 Å². The molecule has 1 aromatic heterocycles. The predicted octanol–water partition coefficient (Wildman–Crippen LogP) is 5.12. The summed E-state index contributed by atoms with van der Waals surface area (Å²) < 4.78 is 38.9. The standard InChI is InChI=1S/C18H17ClF3N3O/c19-15-5-4-13(11-14(15)18(20,21)22)24-16-10-12(6-7-23-16)17(26)25-8-2-1-3-9-25/h4-7,10-11H,1-3,8-9H2,(H,23,24). The number of hydrogen-bond acceptors (Lipinski definition) is 3. The average molecular weight is 384 g/mol. The van der Waals surface area contributed by atoms with E-state index in [1.807, 2.05) is 0 Å². The van der Waals surface area contributed by atoms with Crippen molar-refractivity contribution in [3.8, 4) is 0 Å². The Labute approximate surface area is 154 Å². The number of hydrogen-bond donors (Lipinski definition) is 1. The fourth-order valence-electron chi connectivity index (χ4n) is 2.88. The highest BCUT2D eigenvalue weighted by molar-refractivity contribution is 6.31. The van der Waals surface area contributed by atoms with Gasteiger partial charge in [0.2, 0.25) is 0 Å². The number of benzene rings is 1. The third-order valence-corrected chi connectivity index (χ3v) is 4.52. The van der Waals surface area contributed by atoms with Crippen LogP contribution in [0.15, 0.2) is 36.5 Å². The molecule has 2 aromatic rings. The number of alkyl halides is 3. The van der Waals surface area contributed by atoms with Crippen molar-refractivity contribution in [3.05, 3.63) is 52.7 Å². The van der Waals surface area contributed by atoms with Crippen LogP contribution < -0.4 is 5.32 Å². The van der Waals surface area contributed by atoms with E-state index in [2.05, 4.69) is 10.3 Å². The van der Waals surface area contributed by atoms with Crippen LogP contribution in [-0.4, -0.2) is 28.9 Å². The Morgan fingerprint density at radius 2 is 1.85 bits per heavy atom. The van der Waals surface area contributed by atoms with E-state index in [9.17, 15) is 18.0 Å². The van der Waals surface area contributed by atoms with Crippen molar-refractivity contribution in [2.24, 2.45) is 0 Å². The van der Waals surface area contributed by atoms with Crippen LogP contribution in [0.5, 0.6) is 0 Å². The second-order valence-corrected chi connectivity index (χ2v) is 6.51. The number of rotatable bonds is 3. The summed E-state index contributed by atoms with van der Waals surface area (Å²) in [4.78, 5) is 18.4. The van der Waals surface area contributed by atoms with Crippen LogP contribution in [0, 0.1) is 0 Å². The fraction of sp³-hybridized carbons (Fsp3) is 0.333. The zero-order valence-electron chi connectivity index (χ0n) is 13.8. The normalized spacial score (nSPS) is 15.0. The first kappa shape index (κ1) is 18.5. The Balaban J connectivity index is 1.80. The highest BCUT2D eigenvalue weighted by atomic mass is 35.5.